The van der Waals surface area contributed by atoms with Crippen LogP contribution in [0.2, 0.25) is 0 Å². The molecule has 3 atom stereocenters. The van der Waals surface area contributed by atoms with Gasteiger partial charge in [-0.25, -0.2) is 0 Å². The minimum absolute atomic E-state index is 0.206. The van der Waals surface area contributed by atoms with Crippen LogP contribution in [0.5, 0.6) is 0 Å². The molecule has 0 saturated carbocycles. The third kappa shape index (κ3) is 2.40. The van der Waals surface area contributed by atoms with Crippen LogP contribution in [-0.4, -0.2) is 36.5 Å². The van der Waals surface area contributed by atoms with Gasteiger partial charge in [0.2, 0.25) is 0 Å². The van der Waals surface area contributed by atoms with Gasteiger partial charge in [0.05, 0.1) is 0 Å². The Labute approximate surface area is 127 Å². The molecule has 2 saturated heterocycles. The quantitative estimate of drug-likeness (QED) is 0.811. The van der Waals surface area contributed by atoms with Crippen LogP contribution in [0.4, 0.5) is 0 Å². The zero-order valence-corrected chi connectivity index (χ0v) is 13.3. The Balaban J connectivity index is 1.81. The fourth-order valence-corrected chi connectivity index (χ4v) is 3.90. The first-order valence-electron chi connectivity index (χ1n) is 6.98. The maximum absolute atomic E-state index is 12.7. The van der Waals surface area contributed by atoms with E-state index in [9.17, 15) is 4.79 Å². The molecule has 1 N–H and O–H groups in total. The van der Waals surface area contributed by atoms with E-state index in [4.69, 9.17) is 0 Å². The van der Waals surface area contributed by atoms with Gasteiger partial charge in [0, 0.05) is 34.8 Å². The predicted octanol–water partition coefficient (Wildman–Crippen LogP) is 2.36. The number of likely N-dealkylation sites (tertiary alicyclic amines) is 1. The summed E-state index contributed by atoms with van der Waals surface area (Å²) in [6.07, 6.45) is 1.05. The minimum atomic E-state index is 0.206. The van der Waals surface area contributed by atoms with Crippen molar-refractivity contribution < 1.29 is 4.79 Å². The van der Waals surface area contributed by atoms with Crippen molar-refractivity contribution in [2.75, 3.05) is 19.6 Å². The van der Waals surface area contributed by atoms with Gasteiger partial charge >= 0.3 is 0 Å². The van der Waals surface area contributed by atoms with E-state index in [2.05, 4.69) is 39.7 Å². The Morgan fingerprint density at radius 3 is 2.79 bits per heavy atom. The molecular formula is C15H19IN2O. The van der Waals surface area contributed by atoms with Crippen molar-refractivity contribution in [1.82, 2.24) is 10.2 Å². The summed E-state index contributed by atoms with van der Waals surface area (Å²) in [5, 5.41) is 3.46. The third-order valence-corrected chi connectivity index (χ3v) is 5.21. The SMILES string of the molecule is CCC1C2CNCC2CN1C(=O)c1ccc(I)cc1. The highest BCUT2D eigenvalue weighted by Crippen LogP contribution is 2.35. The fraction of sp³-hybridized carbons (Fsp3) is 0.533. The lowest BCUT2D eigenvalue weighted by atomic mass is 9.93. The molecule has 2 fully saturated rings. The van der Waals surface area contributed by atoms with Crippen LogP contribution in [0.15, 0.2) is 24.3 Å². The Morgan fingerprint density at radius 2 is 2.11 bits per heavy atom. The van der Waals surface area contributed by atoms with Gasteiger partial charge in [-0.2, -0.15) is 0 Å². The van der Waals surface area contributed by atoms with E-state index in [1.807, 2.05) is 24.3 Å². The minimum Gasteiger partial charge on any atom is -0.335 e. The van der Waals surface area contributed by atoms with Crippen molar-refractivity contribution in [2.24, 2.45) is 11.8 Å². The zero-order valence-electron chi connectivity index (χ0n) is 11.1. The van der Waals surface area contributed by atoms with Crippen LogP contribution in [0.3, 0.4) is 0 Å². The van der Waals surface area contributed by atoms with Crippen LogP contribution < -0.4 is 5.32 Å². The second-order valence-electron chi connectivity index (χ2n) is 5.52. The molecule has 19 heavy (non-hydrogen) atoms. The number of fused-ring (bicyclic) bond motifs is 1. The largest absolute Gasteiger partial charge is 0.335 e. The maximum atomic E-state index is 12.7. The zero-order chi connectivity index (χ0) is 13.4. The van der Waals surface area contributed by atoms with Crippen LogP contribution in [0.1, 0.15) is 23.7 Å². The summed E-state index contributed by atoms with van der Waals surface area (Å²) in [5.74, 6) is 1.51. The molecule has 1 aromatic rings. The molecule has 1 amide bonds. The number of rotatable bonds is 2. The number of amides is 1. The van der Waals surface area contributed by atoms with Gasteiger partial charge in [-0.15, -0.1) is 0 Å². The molecule has 3 nitrogen and oxygen atoms in total. The molecule has 1 aromatic carbocycles. The predicted molar refractivity (Wildman–Crippen MR) is 84.1 cm³/mol. The normalized spacial score (nSPS) is 29.6. The number of halogens is 1. The number of hydrogen-bond donors (Lipinski definition) is 1. The van der Waals surface area contributed by atoms with Crippen molar-refractivity contribution in [3.63, 3.8) is 0 Å². The molecule has 0 bridgehead atoms. The molecule has 2 aliphatic heterocycles. The first-order valence-corrected chi connectivity index (χ1v) is 8.06. The lowest BCUT2D eigenvalue weighted by Gasteiger charge is -2.27. The van der Waals surface area contributed by atoms with E-state index < -0.39 is 0 Å². The summed E-state index contributed by atoms with van der Waals surface area (Å²) in [6.45, 7) is 5.25. The molecular weight excluding hydrogens is 351 g/mol. The second-order valence-corrected chi connectivity index (χ2v) is 6.77. The molecule has 0 aliphatic carbocycles. The molecule has 3 unspecified atom stereocenters. The third-order valence-electron chi connectivity index (χ3n) is 4.49. The first kappa shape index (κ1) is 13.4. The molecule has 102 valence electrons. The number of carbonyl (C=O) groups excluding carboxylic acids is 1. The number of nitrogens with zero attached hydrogens (tertiary/aromatic N) is 1. The van der Waals surface area contributed by atoms with Crippen LogP contribution in [0, 0.1) is 15.4 Å². The lowest BCUT2D eigenvalue weighted by molar-refractivity contribution is 0.0711. The van der Waals surface area contributed by atoms with Gasteiger partial charge in [-0.3, -0.25) is 4.79 Å². The summed E-state index contributed by atoms with van der Waals surface area (Å²) < 4.78 is 1.17. The molecule has 2 aliphatic rings. The summed E-state index contributed by atoms with van der Waals surface area (Å²) in [6, 6.07) is 8.32. The van der Waals surface area contributed by atoms with Gasteiger partial charge in [0.15, 0.2) is 0 Å². The summed E-state index contributed by atoms with van der Waals surface area (Å²) >= 11 is 2.27. The molecule has 3 rings (SSSR count). The van der Waals surface area contributed by atoms with Gasteiger partial charge < -0.3 is 10.2 Å². The number of carbonyl (C=O) groups is 1. The van der Waals surface area contributed by atoms with Gasteiger partial charge in [0.25, 0.3) is 5.91 Å². The standard InChI is InChI=1S/C15H19IN2O/c1-2-14-13-8-17-7-11(13)9-18(14)15(19)10-3-5-12(16)6-4-10/h3-6,11,13-14,17H,2,7-9H2,1H3. The number of benzene rings is 1. The summed E-state index contributed by atoms with van der Waals surface area (Å²) in [4.78, 5) is 14.8. The average Bonchev–Trinajstić information content (AvgIpc) is 2.98. The summed E-state index contributed by atoms with van der Waals surface area (Å²) in [7, 11) is 0. The molecule has 0 spiro atoms. The van der Waals surface area contributed by atoms with Crippen molar-refractivity contribution >= 4 is 28.5 Å². The Bertz CT molecular complexity index is 474. The highest BCUT2D eigenvalue weighted by molar-refractivity contribution is 14.1. The van der Waals surface area contributed by atoms with Crippen molar-refractivity contribution in [3.05, 3.63) is 33.4 Å². The average molecular weight is 370 g/mol. The molecule has 2 heterocycles. The van der Waals surface area contributed by atoms with E-state index in [0.717, 1.165) is 31.6 Å². The van der Waals surface area contributed by atoms with Crippen molar-refractivity contribution in [2.45, 2.75) is 19.4 Å². The van der Waals surface area contributed by atoms with E-state index in [1.165, 1.54) is 3.57 Å². The Kier molecular flexibility index (Phi) is 3.80. The van der Waals surface area contributed by atoms with Gasteiger partial charge in [-0.1, -0.05) is 6.92 Å². The van der Waals surface area contributed by atoms with Crippen LogP contribution in [0.25, 0.3) is 0 Å². The number of nitrogens with one attached hydrogen (secondary N) is 1. The highest BCUT2D eigenvalue weighted by atomic mass is 127. The van der Waals surface area contributed by atoms with E-state index >= 15 is 0 Å². The summed E-state index contributed by atoms with van der Waals surface area (Å²) in [5.41, 5.74) is 0.826. The monoisotopic (exact) mass is 370 g/mol. The molecule has 4 heteroatoms. The topological polar surface area (TPSA) is 32.3 Å². The maximum Gasteiger partial charge on any atom is 0.254 e. The van der Waals surface area contributed by atoms with Gasteiger partial charge in [0.1, 0.15) is 0 Å². The Hall–Kier alpha value is -0.620. The highest BCUT2D eigenvalue weighted by Gasteiger charge is 2.45. The lowest BCUT2D eigenvalue weighted by Crippen LogP contribution is -2.39. The van der Waals surface area contributed by atoms with Gasteiger partial charge in [-0.05, 0) is 65.1 Å². The van der Waals surface area contributed by atoms with E-state index in [0.29, 0.717) is 17.9 Å². The van der Waals surface area contributed by atoms with Crippen molar-refractivity contribution in [1.29, 1.82) is 0 Å². The molecule has 0 aromatic heterocycles. The van der Waals surface area contributed by atoms with Crippen LogP contribution >= 0.6 is 22.6 Å². The number of hydrogen-bond acceptors (Lipinski definition) is 2. The first-order chi connectivity index (χ1) is 9.20. The fourth-order valence-electron chi connectivity index (χ4n) is 3.54. The Morgan fingerprint density at radius 1 is 1.37 bits per heavy atom. The van der Waals surface area contributed by atoms with E-state index in [-0.39, 0.29) is 5.91 Å². The van der Waals surface area contributed by atoms with Crippen LogP contribution in [-0.2, 0) is 0 Å². The second kappa shape index (κ2) is 5.40. The van der Waals surface area contributed by atoms with Crippen molar-refractivity contribution in [3.8, 4) is 0 Å². The van der Waals surface area contributed by atoms with E-state index in [1.54, 1.807) is 0 Å². The smallest absolute Gasteiger partial charge is 0.254 e. The molecule has 0 radical (unpaired) electrons.